The number of nitrogens with two attached hydrogens (primary N) is 2. The summed E-state index contributed by atoms with van der Waals surface area (Å²) in [6.45, 7) is 2.75. The average Bonchev–Trinajstić information content (AvgIpc) is 2.43. The molecule has 0 aliphatic heterocycles. The Morgan fingerprint density at radius 2 is 1.38 bits per heavy atom. The third-order valence-electron chi connectivity index (χ3n) is 3.82. The topological polar surface area (TPSA) is 52.0 Å². The van der Waals surface area contributed by atoms with Crippen LogP contribution >= 0.6 is 23.2 Å². The minimum Gasteiger partial charge on any atom is -0.330 e. The van der Waals surface area contributed by atoms with Gasteiger partial charge in [-0.05, 0) is 56.0 Å². The Balaban J connectivity index is 2.32. The molecule has 2 nitrogen and oxygen atoms in total. The summed E-state index contributed by atoms with van der Waals surface area (Å²) in [4.78, 5) is 0. The first-order valence-electron chi connectivity index (χ1n) is 7.99. The maximum atomic E-state index is 6.32. The molecule has 1 aromatic rings. The lowest BCUT2D eigenvalue weighted by molar-refractivity contribution is 0.582. The van der Waals surface area contributed by atoms with E-state index in [1.165, 1.54) is 32.1 Å². The summed E-state index contributed by atoms with van der Waals surface area (Å²) in [5.41, 5.74) is 13.4. The Kier molecular flexibility index (Phi) is 9.34. The molecule has 1 rings (SSSR count). The highest BCUT2D eigenvalue weighted by molar-refractivity contribution is 6.36. The molecule has 0 fully saturated rings. The first kappa shape index (κ1) is 18.8. The van der Waals surface area contributed by atoms with Crippen molar-refractivity contribution in [2.24, 2.45) is 11.5 Å². The van der Waals surface area contributed by atoms with Crippen LogP contribution in [-0.4, -0.2) is 6.54 Å². The number of unbranched alkanes of at least 4 members (excludes halogenated alkanes) is 6. The van der Waals surface area contributed by atoms with Crippen LogP contribution in [0.3, 0.4) is 0 Å². The maximum absolute atomic E-state index is 6.32. The van der Waals surface area contributed by atoms with Gasteiger partial charge in [0.25, 0.3) is 0 Å². The average molecular weight is 331 g/mol. The van der Waals surface area contributed by atoms with Gasteiger partial charge in [0.2, 0.25) is 0 Å². The molecule has 1 aromatic carbocycles. The van der Waals surface area contributed by atoms with E-state index in [2.05, 4.69) is 0 Å². The van der Waals surface area contributed by atoms with Gasteiger partial charge in [0.15, 0.2) is 0 Å². The van der Waals surface area contributed by atoms with E-state index < -0.39 is 0 Å². The number of benzene rings is 1. The Hall–Kier alpha value is -0.280. The Morgan fingerprint density at radius 3 is 1.86 bits per heavy atom. The summed E-state index contributed by atoms with van der Waals surface area (Å²) in [6.07, 6.45) is 9.58. The second-order valence-corrected chi connectivity index (χ2v) is 6.58. The Labute approximate surface area is 139 Å². The van der Waals surface area contributed by atoms with Crippen molar-refractivity contribution in [2.75, 3.05) is 6.54 Å². The van der Waals surface area contributed by atoms with Crippen molar-refractivity contribution >= 4 is 23.2 Å². The summed E-state index contributed by atoms with van der Waals surface area (Å²) in [5, 5.41) is 1.50. The lowest BCUT2D eigenvalue weighted by Gasteiger charge is -2.12. The Bertz CT molecular complexity index is 396. The fraction of sp³-hybridized carbons (Fsp3) is 0.647. The molecule has 0 radical (unpaired) electrons. The van der Waals surface area contributed by atoms with Crippen molar-refractivity contribution in [3.8, 4) is 0 Å². The van der Waals surface area contributed by atoms with Crippen molar-refractivity contribution in [3.63, 3.8) is 0 Å². The summed E-state index contributed by atoms with van der Waals surface area (Å²) in [7, 11) is 0. The SMILES string of the molecule is CC(N)c1cc(Cl)c(CCCCCCCCCN)c(Cl)c1. The van der Waals surface area contributed by atoms with Gasteiger partial charge in [-0.15, -0.1) is 0 Å². The normalized spacial score (nSPS) is 12.6. The number of halogens is 2. The molecule has 0 aliphatic carbocycles. The van der Waals surface area contributed by atoms with Crippen LogP contribution in [0.5, 0.6) is 0 Å². The molecule has 0 amide bonds. The summed E-state index contributed by atoms with van der Waals surface area (Å²) in [6, 6.07) is 3.85. The quantitative estimate of drug-likeness (QED) is 0.576. The van der Waals surface area contributed by atoms with Crippen molar-refractivity contribution in [1.82, 2.24) is 0 Å². The van der Waals surface area contributed by atoms with Gasteiger partial charge < -0.3 is 11.5 Å². The fourth-order valence-electron chi connectivity index (χ4n) is 2.45. The van der Waals surface area contributed by atoms with Gasteiger partial charge in [-0.1, -0.05) is 55.3 Å². The maximum Gasteiger partial charge on any atom is 0.0456 e. The third-order valence-corrected chi connectivity index (χ3v) is 4.49. The highest BCUT2D eigenvalue weighted by Crippen LogP contribution is 2.30. The molecule has 1 atom stereocenters. The molecule has 4 N–H and O–H groups in total. The molecule has 21 heavy (non-hydrogen) atoms. The zero-order chi connectivity index (χ0) is 15.7. The summed E-state index contributed by atoms with van der Waals surface area (Å²) >= 11 is 12.6. The van der Waals surface area contributed by atoms with Crippen LogP contribution in [0.1, 0.15) is 69.0 Å². The molecule has 0 saturated carbocycles. The molecule has 1 unspecified atom stereocenters. The standard InChI is InChI=1S/C17H28Cl2N2/c1-13(21)14-11-16(18)15(17(19)12-14)9-7-5-3-2-4-6-8-10-20/h11-13H,2-10,20-21H2,1H3. The molecule has 4 heteroatoms. The monoisotopic (exact) mass is 330 g/mol. The van der Waals surface area contributed by atoms with E-state index in [-0.39, 0.29) is 6.04 Å². The van der Waals surface area contributed by atoms with Gasteiger partial charge in [0, 0.05) is 16.1 Å². The van der Waals surface area contributed by atoms with Gasteiger partial charge in [-0.3, -0.25) is 0 Å². The molecule has 120 valence electrons. The van der Waals surface area contributed by atoms with Crippen molar-refractivity contribution in [3.05, 3.63) is 33.3 Å². The van der Waals surface area contributed by atoms with E-state index in [9.17, 15) is 0 Å². The van der Waals surface area contributed by atoms with E-state index >= 15 is 0 Å². The second kappa shape index (κ2) is 10.4. The van der Waals surface area contributed by atoms with Crippen LogP contribution < -0.4 is 11.5 Å². The Morgan fingerprint density at radius 1 is 0.905 bits per heavy atom. The van der Waals surface area contributed by atoms with Crippen LogP contribution in [0.25, 0.3) is 0 Å². The lowest BCUT2D eigenvalue weighted by atomic mass is 10.0. The minimum atomic E-state index is -0.0393. The highest BCUT2D eigenvalue weighted by atomic mass is 35.5. The van der Waals surface area contributed by atoms with Gasteiger partial charge in [0.05, 0.1) is 0 Å². The van der Waals surface area contributed by atoms with Crippen LogP contribution in [0.4, 0.5) is 0 Å². The van der Waals surface area contributed by atoms with Crippen molar-refractivity contribution in [2.45, 2.75) is 64.3 Å². The summed E-state index contributed by atoms with van der Waals surface area (Å²) < 4.78 is 0. The third kappa shape index (κ3) is 7.01. The summed E-state index contributed by atoms with van der Waals surface area (Å²) in [5.74, 6) is 0. The molecule has 0 spiro atoms. The van der Waals surface area contributed by atoms with Gasteiger partial charge >= 0.3 is 0 Å². The van der Waals surface area contributed by atoms with Crippen LogP contribution in [-0.2, 0) is 6.42 Å². The second-order valence-electron chi connectivity index (χ2n) is 5.77. The number of hydrogen-bond donors (Lipinski definition) is 2. The smallest absolute Gasteiger partial charge is 0.0456 e. The van der Waals surface area contributed by atoms with Gasteiger partial charge in [-0.25, -0.2) is 0 Å². The van der Waals surface area contributed by atoms with Crippen LogP contribution in [0.2, 0.25) is 10.0 Å². The number of hydrogen-bond acceptors (Lipinski definition) is 2. The number of rotatable bonds is 10. The fourth-order valence-corrected chi connectivity index (χ4v) is 3.15. The molecule has 0 saturated heterocycles. The van der Waals surface area contributed by atoms with Crippen LogP contribution in [0, 0.1) is 0 Å². The lowest BCUT2D eigenvalue weighted by Crippen LogP contribution is -2.05. The molecule has 0 heterocycles. The van der Waals surface area contributed by atoms with Crippen LogP contribution in [0.15, 0.2) is 12.1 Å². The zero-order valence-corrected chi connectivity index (χ0v) is 14.5. The van der Waals surface area contributed by atoms with Crippen molar-refractivity contribution in [1.29, 1.82) is 0 Å². The van der Waals surface area contributed by atoms with Gasteiger partial charge in [0.1, 0.15) is 0 Å². The zero-order valence-electron chi connectivity index (χ0n) is 13.0. The largest absolute Gasteiger partial charge is 0.330 e. The van der Waals surface area contributed by atoms with E-state index in [4.69, 9.17) is 34.7 Å². The van der Waals surface area contributed by atoms with Gasteiger partial charge in [-0.2, -0.15) is 0 Å². The first-order chi connectivity index (χ1) is 10.1. The molecular weight excluding hydrogens is 303 g/mol. The molecule has 0 bridgehead atoms. The molecular formula is C17H28Cl2N2. The minimum absolute atomic E-state index is 0.0393. The highest BCUT2D eigenvalue weighted by Gasteiger charge is 2.10. The van der Waals surface area contributed by atoms with E-state index in [0.717, 1.165) is 47.0 Å². The predicted molar refractivity (Wildman–Crippen MR) is 94.1 cm³/mol. The molecule has 0 aromatic heterocycles. The van der Waals surface area contributed by atoms with E-state index in [1.807, 2.05) is 19.1 Å². The van der Waals surface area contributed by atoms with Crippen molar-refractivity contribution < 1.29 is 0 Å². The first-order valence-corrected chi connectivity index (χ1v) is 8.75. The van der Waals surface area contributed by atoms with E-state index in [0.29, 0.717) is 0 Å². The molecule has 0 aliphatic rings. The van der Waals surface area contributed by atoms with E-state index in [1.54, 1.807) is 0 Å². The predicted octanol–water partition coefficient (Wildman–Crippen LogP) is 5.25.